The highest BCUT2D eigenvalue weighted by molar-refractivity contribution is 7.99. The van der Waals surface area contributed by atoms with Crippen molar-refractivity contribution < 1.29 is 18.7 Å². The van der Waals surface area contributed by atoms with Gasteiger partial charge in [0.15, 0.2) is 0 Å². The van der Waals surface area contributed by atoms with Gasteiger partial charge in [-0.2, -0.15) is 0 Å². The van der Waals surface area contributed by atoms with Crippen molar-refractivity contribution in [1.82, 2.24) is 0 Å². The third kappa shape index (κ3) is 3.98. The molecule has 2 aromatic rings. The number of hydrogen-bond donors (Lipinski definition) is 0. The molecule has 0 bridgehead atoms. The van der Waals surface area contributed by atoms with Crippen LogP contribution in [0, 0.1) is 5.82 Å². The zero-order valence-electron chi connectivity index (χ0n) is 11.8. The number of ether oxygens (including phenoxy) is 2. The predicted molar refractivity (Wildman–Crippen MR) is 79.5 cm³/mol. The van der Waals surface area contributed by atoms with Gasteiger partial charge < -0.3 is 9.47 Å². The van der Waals surface area contributed by atoms with Crippen molar-refractivity contribution in [2.45, 2.75) is 16.7 Å². The van der Waals surface area contributed by atoms with Gasteiger partial charge in [-0.25, -0.2) is 9.18 Å². The molecule has 0 saturated heterocycles. The monoisotopic (exact) mass is 306 g/mol. The first-order chi connectivity index (χ1) is 10.1. The molecule has 0 heterocycles. The molecule has 3 nitrogen and oxygen atoms in total. The molecule has 0 radical (unpaired) electrons. The first-order valence-corrected chi connectivity index (χ1v) is 7.24. The third-order valence-corrected chi connectivity index (χ3v) is 3.79. The van der Waals surface area contributed by atoms with Crippen LogP contribution in [-0.4, -0.2) is 19.7 Å². The maximum Gasteiger partial charge on any atom is 0.338 e. The molecule has 21 heavy (non-hydrogen) atoms. The maximum atomic E-state index is 13.9. The number of carbonyl (C=O) groups excluding carboxylic acids is 1. The van der Waals surface area contributed by atoms with E-state index in [4.69, 9.17) is 9.47 Å². The number of rotatable bonds is 5. The van der Waals surface area contributed by atoms with Crippen molar-refractivity contribution in [2.75, 3.05) is 13.7 Å². The van der Waals surface area contributed by atoms with Gasteiger partial charge in [0.05, 0.1) is 19.3 Å². The summed E-state index contributed by atoms with van der Waals surface area (Å²) in [6.45, 7) is 2.10. The third-order valence-electron chi connectivity index (χ3n) is 2.73. The summed E-state index contributed by atoms with van der Waals surface area (Å²) < 4.78 is 23.7. The first-order valence-electron chi connectivity index (χ1n) is 6.42. The van der Waals surface area contributed by atoms with E-state index in [1.54, 1.807) is 43.3 Å². The Kier molecular flexibility index (Phi) is 5.22. The van der Waals surface area contributed by atoms with Gasteiger partial charge in [-0.3, -0.25) is 0 Å². The van der Waals surface area contributed by atoms with Gasteiger partial charge in [0.1, 0.15) is 11.6 Å². The minimum atomic E-state index is -0.357. The number of halogens is 1. The van der Waals surface area contributed by atoms with Gasteiger partial charge in [-0.05, 0) is 43.3 Å². The van der Waals surface area contributed by atoms with Crippen LogP contribution < -0.4 is 4.74 Å². The molecule has 2 rings (SSSR count). The largest absolute Gasteiger partial charge is 0.497 e. The van der Waals surface area contributed by atoms with Crippen LogP contribution in [0.5, 0.6) is 5.75 Å². The lowest BCUT2D eigenvalue weighted by Gasteiger charge is -2.06. The standard InChI is InChI=1S/C16H15FO3S/c1-3-20-16(18)11-4-7-13(8-5-11)21-15-9-6-12(19-2)10-14(15)17/h4-10H,3H2,1-2H3. The average molecular weight is 306 g/mol. The average Bonchev–Trinajstić information content (AvgIpc) is 2.50. The van der Waals surface area contributed by atoms with E-state index in [0.29, 0.717) is 22.8 Å². The zero-order valence-corrected chi connectivity index (χ0v) is 12.6. The van der Waals surface area contributed by atoms with Crippen molar-refractivity contribution in [3.05, 3.63) is 53.8 Å². The second-order valence-corrected chi connectivity index (χ2v) is 5.26. The fourth-order valence-corrected chi connectivity index (χ4v) is 2.51. The lowest BCUT2D eigenvalue weighted by Crippen LogP contribution is -2.03. The Morgan fingerprint density at radius 1 is 1.19 bits per heavy atom. The van der Waals surface area contributed by atoms with Crippen LogP contribution in [0.25, 0.3) is 0 Å². The Hall–Kier alpha value is -2.01. The Labute approximate surface area is 127 Å². The van der Waals surface area contributed by atoms with Crippen molar-refractivity contribution in [1.29, 1.82) is 0 Å². The molecule has 0 fully saturated rings. The molecular formula is C16H15FO3S. The Morgan fingerprint density at radius 2 is 1.90 bits per heavy atom. The summed E-state index contributed by atoms with van der Waals surface area (Å²) >= 11 is 1.28. The van der Waals surface area contributed by atoms with E-state index >= 15 is 0 Å². The molecule has 0 unspecified atom stereocenters. The van der Waals surface area contributed by atoms with Gasteiger partial charge in [-0.1, -0.05) is 11.8 Å². The number of methoxy groups -OCH3 is 1. The second kappa shape index (κ2) is 7.13. The minimum Gasteiger partial charge on any atom is -0.497 e. The molecule has 0 atom stereocenters. The molecule has 110 valence electrons. The van der Waals surface area contributed by atoms with Crippen LogP contribution in [0.3, 0.4) is 0 Å². The zero-order chi connectivity index (χ0) is 15.2. The summed E-state index contributed by atoms with van der Waals surface area (Å²) in [5.41, 5.74) is 0.483. The number of benzene rings is 2. The van der Waals surface area contributed by atoms with Crippen molar-refractivity contribution >= 4 is 17.7 Å². The Bertz CT molecular complexity index is 626. The lowest BCUT2D eigenvalue weighted by atomic mass is 10.2. The fourth-order valence-electron chi connectivity index (χ4n) is 1.69. The quantitative estimate of drug-likeness (QED) is 0.777. The fraction of sp³-hybridized carbons (Fsp3) is 0.188. The van der Waals surface area contributed by atoms with E-state index in [1.165, 1.54) is 24.9 Å². The highest BCUT2D eigenvalue weighted by Gasteiger charge is 2.08. The van der Waals surface area contributed by atoms with E-state index in [1.807, 2.05) is 0 Å². The van der Waals surface area contributed by atoms with Gasteiger partial charge >= 0.3 is 5.97 Å². The first kappa shape index (κ1) is 15.4. The maximum absolute atomic E-state index is 13.9. The highest BCUT2D eigenvalue weighted by atomic mass is 32.2. The summed E-state index contributed by atoms with van der Waals surface area (Å²) in [5, 5.41) is 0. The van der Waals surface area contributed by atoms with Gasteiger partial charge in [0.2, 0.25) is 0 Å². The van der Waals surface area contributed by atoms with Gasteiger partial charge in [0, 0.05) is 15.9 Å². The van der Waals surface area contributed by atoms with Gasteiger partial charge in [-0.15, -0.1) is 0 Å². The molecule has 0 aliphatic carbocycles. The molecule has 0 saturated carbocycles. The second-order valence-electron chi connectivity index (χ2n) is 4.14. The molecular weight excluding hydrogens is 291 g/mol. The molecule has 2 aromatic carbocycles. The molecule has 0 aliphatic rings. The summed E-state index contributed by atoms with van der Waals surface area (Å²) in [7, 11) is 1.50. The van der Waals surface area contributed by atoms with E-state index in [2.05, 4.69) is 0 Å². The van der Waals surface area contributed by atoms with Crippen LogP contribution in [0.4, 0.5) is 4.39 Å². The summed E-state index contributed by atoms with van der Waals surface area (Å²) in [4.78, 5) is 12.9. The topological polar surface area (TPSA) is 35.5 Å². The number of esters is 1. The summed E-state index contributed by atoms with van der Waals surface area (Å²) in [6, 6.07) is 11.6. The van der Waals surface area contributed by atoms with Crippen LogP contribution in [0.2, 0.25) is 0 Å². The summed E-state index contributed by atoms with van der Waals surface area (Å²) in [5.74, 6) is -0.215. The molecule has 0 aliphatic heterocycles. The number of hydrogen-bond acceptors (Lipinski definition) is 4. The predicted octanol–water partition coefficient (Wildman–Crippen LogP) is 4.16. The van der Waals surface area contributed by atoms with E-state index < -0.39 is 0 Å². The molecule has 0 N–H and O–H groups in total. The molecule has 0 spiro atoms. The molecule has 5 heteroatoms. The van der Waals surface area contributed by atoms with Crippen molar-refractivity contribution in [3.63, 3.8) is 0 Å². The van der Waals surface area contributed by atoms with Crippen LogP contribution in [0.15, 0.2) is 52.3 Å². The minimum absolute atomic E-state index is 0.339. The smallest absolute Gasteiger partial charge is 0.338 e. The normalized spacial score (nSPS) is 10.2. The van der Waals surface area contributed by atoms with Crippen LogP contribution in [-0.2, 0) is 4.74 Å². The number of carbonyl (C=O) groups is 1. The SMILES string of the molecule is CCOC(=O)c1ccc(Sc2ccc(OC)cc2F)cc1. The van der Waals surface area contributed by atoms with Crippen molar-refractivity contribution in [2.24, 2.45) is 0 Å². The summed E-state index contributed by atoms with van der Waals surface area (Å²) in [6.07, 6.45) is 0. The highest BCUT2D eigenvalue weighted by Crippen LogP contribution is 2.31. The van der Waals surface area contributed by atoms with Crippen molar-refractivity contribution in [3.8, 4) is 5.75 Å². The lowest BCUT2D eigenvalue weighted by molar-refractivity contribution is 0.0526. The van der Waals surface area contributed by atoms with Crippen LogP contribution >= 0.6 is 11.8 Å². The van der Waals surface area contributed by atoms with Crippen LogP contribution in [0.1, 0.15) is 17.3 Å². The Balaban J connectivity index is 2.11. The molecule has 0 amide bonds. The van der Waals surface area contributed by atoms with E-state index in [9.17, 15) is 9.18 Å². The van der Waals surface area contributed by atoms with E-state index in [-0.39, 0.29) is 11.8 Å². The van der Waals surface area contributed by atoms with E-state index in [0.717, 1.165) is 4.90 Å². The van der Waals surface area contributed by atoms with Gasteiger partial charge in [0.25, 0.3) is 0 Å². The Morgan fingerprint density at radius 3 is 2.48 bits per heavy atom. The molecule has 0 aromatic heterocycles.